The number of fused-ring (bicyclic) bond motifs is 3. The van der Waals surface area contributed by atoms with Gasteiger partial charge in [-0.2, -0.15) is 0 Å². The largest absolute Gasteiger partial charge is 0.449 e. The first kappa shape index (κ1) is 16.9. The summed E-state index contributed by atoms with van der Waals surface area (Å²) in [7, 11) is 1.87. The molecule has 3 aromatic rings. The van der Waals surface area contributed by atoms with Gasteiger partial charge in [0.05, 0.1) is 6.54 Å². The number of hydrogen-bond acceptors (Lipinski definition) is 3. The Morgan fingerprint density at radius 2 is 1.81 bits per heavy atom. The number of hydrogen-bond donors (Lipinski definition) is 1. The maximum absolute atomic E-state index is 12.0. The number of aromatic nitrogens is 2. The number of carbonyl (C=O) groups excluding carboxylic acids is 1. The molecular formula is C22H19N3O2. The average Bonchev–Trinajstić information content (AvgIpc) is 3.25. The zero-order valence-corrected chi connectivity index (χ0v) is 15.0. The summed E-state index contributed by atoms with van der Waals surface area (Å²) in [6.07, 6.45) is 3.04. The lowest BCUT2D eigenvalue weighted by molar-refractivity contribution is 0.144. The number of ether oxygens (including phenoxy) is 1. The van der Waals surface area contributed by atoms with E-state index >= 15 is 0 Å². The molecule has 27 heavy (non-hydrogen) atoms. The topological polar surface area (TPSA) is 56.2 Å². The number of amides is 1. The van der Waals surface area contributed by atoms with E-state index in [1.165, 1.54) is 22.3 Å². The second-order valence-corrected chi connectivity index (χ2v) is 6.34. The molecule has 0 unspecified atom stereocenters. The Labute approximate surface area is 158 Å². The molecular weight excluding hydrogens is 338 g/mol. The fourth-order valence-corrected chi connectivity index (χ4v) is 3.38. The molecule has 0 bridgehead atoms. The van der Waals surface area contributed by atoms with Gasteiger partial charge in [-0.05, 0) is 28.2 Å². The summed E-state index contributed by atoms with van der Waals surface area (Å²) >= 11 is 0. The van der Waals surface area contributed by atoms with Crippen LogP contribution in [0, 0.1) is 11.8 Å². The molecule has 1 aliphatic carbocycles. The Morgan fingerprint density at radius 3 is 2.44 bits per heavy atom. The van der Waals surface area contributed by atoms with Crippen molar-refractivity contribution in [3.63, 3.8) is 0 Å². The maximum Gasteiger partial charge on any atom is 0.407 e. The lowest BCUT2D eigenvalue weighted by Crippen LogP contribution is -2.26. The number of alkyl carbamates (subject to hydrolysis) is 1. The fraction of sp³-hybridized carbons (Fsp3) is 0.182. The molecule has 1 amide bonds. The summed E-state index contributed by atoms with van der Waals surface area (Å²) in [5, 5.41) is 2.66. The van der Waals surface area contributed by atoms with Gasteiger partial charge in [-0.3, -0.25) is 0 Å². The normalized spacial score (nSPS) is 11.9. The Kier molecular flexibility index (Phi) is 4.63. The van der Waals surface area contributed by atoms with Crippen LogP contribution in [0.3, 0.4) is 0 Å². The molecule has 1 heterocycles. The molecule has 0 fully saturated rings. The quantitative estimate of drug-likeness (QED) is 0.732. The zero-order chi connectivity index (χ0) is 18.6. The van der Waals surface area contributed by atoms with Crippen molar-refractivity contribution in [3.8, 4) is 23.0 Å². The standard InChI is InChI=1S/C22H19N3O2/c1-25-14-13-23-21(25)11-6-12-24-22(26)27-15-20-18-9-4-2-7-16(18)17-8-3-5-10-19(17)20/h2-5,7-10,13-14,20H,12,15H2,1H3,(H,24,26). The number of nitrogens with one attached hydrogen (secondary N) is 1. The second-order valence-electron chi connectivity index (χ2n) is 6.34. The highest BCUT2D eigenvalue weighted by Crippen LogP contribution is 2.44. The van der Waals surface area contributed by atoms with Crippen molar-refractivity contribution in [1.29, 1.82) is 0 Å². The van der Waals surface area contributed by atoms with Gasteiger partial charge < -0.3 is 14.6 Å². The first-order chi connectivity index (χ1) is 13.2. The van der Waals surface area contributed by atoms with Crippen LogP contribution in [0.5, 0.6) is 0 Å². The number of rotatable bonds is 3. The first-order valence-corrected chi connectivity index (χ1v) is 8.79. The SMILES string of the molecule is Cn1ccnc1C#CCNC(=O)OCC1c2ccccc2-c2ccccc21. The highest BCUT2D eigenvalue weighted by atomic mass is 16.5. The molecule has 0 spiro atoms. The van der Waals surface area contributed by atoms with Crippen LogP contribution >= 0.6 is 0 Å². The predicted octanol–water partition coefficient (Wildman–Crippen LogP) is 3.31. The number of imidazole rings is 1. The van der Waals surface area contributed by atoms with Crippen LogP contribution in [0.4, 0.5) is 4.79 Å². The molecule has 1 aliphatic rings. The van der Waals surface area contributed by atoms with Gasteiger partial charge in [0.25, 0.3) is 0 Å². The highest BCUT2D eigenvalue weighted by Gasteiger charge is 2.28. The van der Waals surface area contributed by atoms with Gasteiger partial charge in [-0.25, -0.2) is 9.78 Å². The summed E-state index contributed by atoms with van der Waals surface area (Å²) in [6.45, 7) is 0.510. The van der Waals surface area contributed by atoms with Crippen LogP contribution in [0.2, 0.25) is 0 Å². The zero-order valence-electron chi connectivity index (χ0n) is 15.0. The molecule has 0 saturated carbocycles. The van der Waals surface area contributed by atoms with Gasteiger partial charge in [-0.15, -0.1) is 0 Å². The van der Waals surface area contributed by atoms with Crippen molar-refractivity contribution in [2.45, 2.75) is 5.92 Å². The van der Waals surface area contributed by atoms with Crippen molar-refractivity contribution in [3.05, 3.63) is 77.9 Å². The number of aryl methyl sites for hydroxylation is 1. The summed E-state index contributed by atoms with van der Waals surface area (Å²) < 4.78 is 7.28. The molecule has 1 N–H and O–H groups in total. The van der Waals surface area contributed by atoms with Crippen LogP contribution in [0.15, 0.2) is 60.9 Å². The van der Waals surface area contributed by atoms with Crippen molar-refractivity contribution in [1.82, 2.24) is 14.9 Å². The Hall–Kier alpha value is -3.52. The minimum absolute atomic E-state index is 0.0572. The fourth-order valence-electron chi connectivity index (χ4n) is 3.38. The summed E-state index contributed by atoms with van der Waals surface area (Å²) in [6, 6.07) is 16.5. The highest BCUT2D eigenvalue weighted by molar-refractivity contribution is 5.79. The minimum Gasteiger partial charge on any atom is -0.449 e. The molecule has 0 atom stereocenters. The number of carbonyl (C=O) groups is 1. The predicted molar refractivity (Wildman–Crippen MR) is 103 cm³/mol. The van der Waals surface area contributed by atoms with Crippen molar-refractivity contribution < 1.29 is 9.53 Å². The monoisotopic (exact) mass is 357 g/mol. The van der Waals surface area contributed by atoms with E-state index in [1.807, 2.05) is 42.1 Å². The molecule has 0 aliphatic heterocycles. The van der Waals surface area contributed by atoms with E-state index in [4.69, 9.17) is 4.74 Å². The number of benzene rings is 2. The van der Waals surface area contributed by atoms with E-state index in [0.29, 0.717) is 12.4 Å². The molecule has 2 aromatic carbocycles. The van der Waals surface area contributed by atoms with E-state index in [2.05, 4.69) is 46.4 Å². The molecule has 1 aromatic heterocycles. The third-order valence-electron chi connectivity index (χ3n) is 4.69. The first-order valence-electron chi connectivity index (χ1n) is 8.79. The van der Waals surface area contributed by atoms with Gasteiger partial charge in [0.2, 0.25) is 0 Å². The van der Waals surface area contributed by atoms with E-state index in [1.54, 1.807) is 6.20 Å². The van der Waals surface area contributed by atoms with Crippen LogP contribution in [0.25, 0.3) is 11.1 Å². The maximum atomic E-state index is 12.0. The van der Waals surface area contributed by atoms with Crippen LogP contribution in [-0.2, 0) is 11.8 Å². The molecule has 5 heteroatoms. The lowest BCUT2D eigenvalue weighted by Gasteiger charge is -2.14. The van der Waals surface area contributed by atoms with Gasteiger partial charge in [-0.1, -0.05) is 54.5 Å². The average molecular weight is 357 g/mol. The Balaban J connectivity index is 1.37. The third-order valence-corrected chi connectivity index (χ3v) is 4.69. The van der Waals surface area contributed by atoms with Crippen LogP contribution < -0.4 is 5.32 Å². The van der Waals surface area contributed by atoms with Gasteiger partial charge in [0, 0.05) is 25.4 Å². The molecule has 5 nitrogen and oxygen atoms in total. The van der Waals surface area contributed by atoms with E-state index in [0.717, 1.165) is 0 Å². The van der Waals surface area contributed by atoms with Crippen molar-refractivity contribution >= 4 is 6.09 Å². The van der Waals surface area contributed by atoms with Gasteiger partial charge in [0.1, 0.15) is 6.61 Å². The molecule has 0 radical (unpaired) electrons. The lowest BCUT2D eigenvalue weighted by atomic mass is 9.98. The molecule has 4 rings (SSSR count). The smallest absolute Gasteiger partial charge is 0.407 e. The van der Waals surface area contributed by atoms with E-state index < -0.39 is 6.09 Å². The Morgan fingerprint density at radius 1 is 1.15 bits per heavy atom. The van der Waals surface area contributed by atoms with Crippen molar-refractivity contribution in [2.75, 3.05) is 13.2 Å². The molecule has 0 saturated heterocycles. The van der Waals surface area contributed by atoms with Gasteiger partial charge in [0.15, 0.2) is 5.82 Å². The van der Waals surface area contributed by atoms with E-state index in [-0.39, 0.29) is 12.5 Å². The van der Waals surface area contributed by atoms with Gasteiger partial charge >= 0.3 is 6.09 Å². The van der Waals surface area contributed by atoms with E-state index in [9.17, 15) is 4.79 Å². The minimum atomic E-state index is -0.467. The third kappa shape index (κ3) is 3.42. The Bertz CT molecular complexity index is 997. The van der Waals surface area contributed by atoms with Crippen LogP contribution in [0.1, 0.15) is 22.9 Å². The second kappa shape index (κ2) is 7.38. The summed E-state index contributed by atoms with van der Waals surface area (Å²) in [5.74, 6) is 6.49. The van der Waals surface area contributed by atoms with Crippen molar-refractivity contribution in [2.24, 2.45) is 7.05 Å². The van der Waals surface area contributed by atoms with Crippen LogP contribution in [-0.4, -0.2) is 28.8 Å². The number of nitrogens with zero attached hydrogens (tertiary/aromatic N) is 2. The summed E-state index contributed by atoms with van der Waals surface area (Å²) in [4.78, 5) is 16.1. The molecule has 134 valence electrons. The summed E-state index contributed by atoms with van der Waals surface area (Å²) in [5.41, 5.74) is 4.81.